The first kappa shape index (κ1) is 24.8. The van der Waals surface area contributed by atoms with E-state index in [1.165, 1.54) is 15.9 Å². The highest BCUT2D eigenvalue weighted by Crippen LogP contribution is 2.60. The minimum atomic E-state index is -1.91. The van der Waals surface area contributed by atoms with Crippen LogP contribution in [0.3, 0.4) is 0 Å². The molecule has 0 spiro atoms. The maximum absolute atomic E-state index is 5.95. The molecule has 0 heterocycles. The minimum Gasteiger partial charge on any atom is -1.00 e. The number of benzene rings is 3. The molecule has 0 saturated heterocycles. The van der Waals surface area contributed by atoms with Gasteiger partial charge in [0.15, 0.2) is 6.29 Å². The van der Waals surface area contributed by atoms with E-state index in [2.05, 4.69) is 97.9 Å². The number of hydrogen-bond acceptors (Lipinski definition) is 2. The molecule has 1 atom stereocenters. The van der Waals surface area contributed by atoms with Gasteiger partial charge in [-0.3, -0.25) is 0 Å². The van der Waals surface area contributed by atoms with E-state index in [1.807, 2.05) is 13.8 Å². The number of ether oxygens (including phenoxy) is 2. The first-order valence-corrected chi connectivity index (χ1v) is 12.4. The van der Waals surface area contributed by atoms with E-state index in [1.54, 1.807) is 0 Å². The van der Waals surface area contributed by atoms with Crippen LogP contribution in [0.1, 0.15) is 27.2 Å². The average Bonchev–Trinajstić information content (AvgIpc) is 2.77. The van der Waals surface area contributed by atoms with Crippen LogP contribution in [0, 0.1) is 0 Å². The van der Waals surface area contributed by atoms with E-state index in [0.717, 1.165) is 6.42 Å². The minimum absolute atomic E-state index is 0. The standard InChI is InChI=1S/C26H32O2P.BrH/c1-4-27-26(28-5-2)21-22(3)29(23-15-9-6-10-16-23,24-17-11-7-12-18-24)25-19-13-8-14-20-25;/h6-20,22,26H,4-5,21H2,1-3H3;1H/q+1;/p-1. The summed E-state index contributed by atoms with van der Waals surface area (Å²) >= 11 is 0. The van der Waals surface area contributed by atoms with Gasteiger partial charge in [0, 0.05) is 19.6 Å². The molecule has 2 nitrogen and oxygen atoms in total. The summed E-state index contributed by atoms with van der Waals surface area (Å²) in [4.78, 5) is 0. The largest absolute Gasteiger partial charge is 1.00 e. The van der Waals surface area contributed by atoms with Gasteiger partial charge in [-0.2, -0.15) is 0 Å². The molecule has 3 aromatic carbocycles. The summed E-state index contributed by atoms with van der Waals surface area (Å²) in [5, 5.41) is 4.20. The van der Waals surface area contributed by atoms with Crippen LogP contribution in [0.4, 0.5) is 0 Å². The van der Waals surface area contributed by atoms with Crippen molar-refractivity contribution in [2.24, 2.45) is 0 Å². The lowest BCUT2D eigenvalue weighted by Crippen LogP contribution is -3.00. The summed E-state index contributed by atoms with van der Waals surface area (Å²) in [5.74, 6) is 0. The van der Waals surface area contributed by atoms with Crippen LogP contribution < -0.4 is 32.9 Å². The fourth-order valence-electron chi connectivity index (χ4n) is 4.19. The van der Waals surface area contributed by atoms with E-state index >= 15 is 0 Å². The third-order valence-electron chi connectivity index (χ3n) is 5.39. The normalized spacial score (nSPS) is 12.4. The molecule has 0 radical (unpaired) electrons. The predicted molar refractivity (Wildman–Crippen MR) is 126 cm³/mol. The fraction of sp³-hybridized carbons (Fsp3) is 0.308. The third-order valence-corrected chi connectivity index (χ3v) is 10.3. The van der Waals surface area contributed by atoms with Crippen molar-refractivity contribution in [3.63, 3.8) is 0 Å². The Bertz CT molecular complexity index is 740. The summed E-state index contributed by atoms with van der Waals surface area (Å²) in [6.45, 7) is 7.75. The summed E-state index contributed by atoms with van der Waals surface area (Å²) in [5.41, 5.74) is 0.359. The lowest BCUT2D eigenvalue weighted by Gasteiger charge is -2.34. The zero-order valence-electron chi connectivity index (χ0n) is 18.1. The van der Waals surface area contributed by atoms with Gasteiger partial charge in [-0.1, -0.05) is 54.6 Å². The lowest BCUT2D eigenvalue weighted by atomic mass is 10.3. The second-order valence-electron chi connectivity index (χ2n) is 7.15. The number of rotatable bonds is 10. The highest BCUT2D eigenvalue weighted by atomic mass is 79.9. The molecule has 160 valence electrons. The van der Waals surface area contributed by atoms with Crippen molar-refractivity contribution >= 4 is 23.2 Å². The average molecular weight is 487 g/mol. The van der Waals surface area contributed by atoms with Gasteiger partial charge in [-0.15, -0.1) is 0 Å². The molecule has 0 aliphatic heterocycles. The molecule has 0 aliphatic rings. The van der Waals surface area contributed by atoms with Crippen LogP contribution in [0.25, 0.3) is 0 Å². The zero-order valence-corrected chi connectivity index (χ0v) is 20.6. The Balaban J connectivity index is 0.00000320. The second-order valence-corrected chi connectivity index (χ2v) is 11.0. The van der Waals surface area contributed by atoms with Gasteiger partial charge < -0.3 is 26.5 Å². The first-order chi connectivity index (χ1) is 14.2. The van der Waals surface area contributed by atoms with Crippen LogP contribution in [-0.4, -0.2) is 25.2 Å². The van der Waals surface area contributed by atoms with E-state index in [0.29, 0.717) is 18.9 Å². The second kappa shape index (κ2) is 12.4. The Morgan fingerprint density at radius 1 is 0.633 bits per heavy atom. The Kier molecular flexibility index (Phi) is 10.2. The molecular formula is C26H32BrO2P. The molecule has 4 heteroatoms. The predicted octanol–water partition coefficient (Wildman–Crippen LogP) is 2.16. The maximum atomic E-state index is 5.95. The molecule has 3 aromatic rings. The maximum Gasteiger partial charge on any atom is 0.161 e. The summed E-state index contributed by atoms with van der Waals surface area (Å²) in [6.07, 6.45) is 0.671. The molecule has 0 N–H and O–H groups in total. The molecule has 0 bridgehead atoms. The van der Waals surface area contributed by atoms with Crippen molar-refractivity contribution in [2.75, 3.05) is 13.2 Å². The van der Waals surface area contributed by atoms with Crippen molar-refractivity contribution < 1.29 is 26.5 Å². The van der Waals surface area contributed by atoms with E-state index in [9.17, 15) is 0 Å². The number of halogens is 1. The van der Waals surface area contributed by atoms with Crippen molar-refractivity contribution in [3.05, 3.63) is 91.0 Å². The Morgan fingerprint density at radius 2 is 0.967 bits per heavy atom. The summed E-state index contributed by atoms with van der Waals surface area (Å²) in [6, 6.07) is 33.0. The van der Waals surface area contributed by atoms with Gasteiger partial charge in [-0.05, 0) is 57.2 Å². The topological polar surface area (TPSA) is 18.5 Å². The van der Waals surface area contributed by atoms with E-state index < -0.39 is 7.26 Å². The highest BCUT2D eigenvalue weighted by Gasteiger charge is 2.50. The van der Waals surface area contributed by atoms with Gasteiger partial charge in [0.25, 0.3) is 0 Å². The van der Waals surface area contributed by atoms with Gasteiger partial charge in [-0.25, -0.2) is 0 Å². The summed E-state index contributed by atoms with van der Waals surface area (Å²) < 4.78 is 11.9. The molecule has 0 amide bonds. The van der Waals surface area contributed by atoms with Crippen LogP contribution in [0.5, 0.6) is 0 Å². The van der Waals surface area contributed by atoms with Crippen molar-refractivity contribution in [1.82, 2.24) is 0 Å². The van der Waals surface area contributed by atoms with Crippen molar-refractivity contribution in [3.8, 4) is 0 Å². The van der Waals surface area contributed by atoms with Crippen LogP contribution in [0.15, 0.2) is 91.0 Å². The Labute approximate surface area is 192 Å². The molecular weight excluding hydrogens is 455 g/mol. The van der Waals surface area contributed by atoms with E-state index in [4.69, 9.17) is 9.47 Å². The van der Waals surface area contributed by atoms with Crippen LogP contribution >= 0.6 is 7.26 Å². The third kappa shape index (κ3) is 5.39. The molecule has 0 saturated carbocycles. The highest BCUT2D eigenvalue weighted by molar-refractivity contribution is 7.96. The van der Waals surface area contributed by atoms with Crippen molar-refractivity contribution in [2.45, 2.75) is 39.1 Å². The monoisotopic (exact) mass is 486 g/mol. The first-order valence-electron chi connectivity index (χ1n) is 10.5. The van der Waals surface area contributed by atoms with Crippen LogP contribution in [-0.2, 0) is 9.47 Å². The van der Waals surface area contributed by atoms with Gasteiger partial charge in [0.2, 0.25) is 0 Å². The zero-order chi connectivity index (χ0) is 20.5. The fourth-order valence-corrected chi connectivity index (χ4v) is 9.03. The molecule has 3 rings (SSSR count). The van der Waals surface area contributed by atoms with E-state index in [-0.39, 0.29) is 23.3 Å². The quantitative estimate of drug-likeness (QED) is 0.323. The SMILES string of the molecule is CCOC(CC(C)[P+](c1ccccc1)(c1ccccc1)c1ccccc1)OCC.[Br-]. The van der Waals surface area contributed by atoms with Gasteiger partial charge >= 0.3 is 0 Å². The molecule has 30 heavy (non-hydrogen) atoms. The molecule has 1 unspecified atom stereocenters. The van der Waals surface area contributed by atoms with Crippen molar-refractivity contribution in [1.29, 1.82) is 0 Å². The molecule has 0 aliphatic carbocycles. The Hall–Kier alpha value is -1.51. The van der Waals surface area contributed by atoms with Crippen LogP contribution in [0.2, 0.25) is 0 Å². The molecule has 0 aromatic heterocycles. The smallest absolute Gasteiger partial charge is 0.161 e. The lowest BCUT2D eigenvalue weighted by molar-refractivity contribution is -0.138. The summed E-state index contributed by atoms with van der Waals surface area (Å²) in [7, 11) is -1.91. The molecule has 0 fully saturated rings. The van der Waals surface area contributed by atoms with Gasteiger partial charge in [0.1, 0.15) is 23.2 Å². The van der Waals surface area contributed by atoms with Gasteiger partial charge in [0.05, 0.1) is 5.66 Å². The number of hydrogen-bond donors (Lipinski definition) is 0. The Morgan fingerprint density at radius 3 is 1.27 bits per heavy atom.